The Bertz CT molecular complexity index is 1930. The fourth-order valence-electron chi connectivity index (χ4n) is 8.52. The fraction of sp³-hybridized carbons (Fsp3) is 0.444. The standard InChI is InChI=1S/C45H54N2O3S2/c1-4-7-10-15-26-45(27-16-11-8-5-2)37-19-14-13-18-35(37)42-41(45)36-30-34(24-25-38(36)46(42)28-17-12-9-6-3)33-22-20-32(21-23-33)29-39-43(50)47(31-40(48)49)44(51)52-39/h13-14,18-25,29-30H,4-12,15-17,26-28,31H2,1-3H3,(H,48,49)/b39-29+. The number of aliphatic carboxylic acids is 1. The molecule has 52 heavy (non-hydrogen) atoms. The first-order valence-corrected chi connectivity index (χ1v) is 20.9. The minimum Gasteiger partial charge on any atom is -0.480 e. The van der Waals surface area contributed by atoms with Crippen LogP contribution in [-0.2, 0) is 21.5 Å². The summed E-state index contributed by atoms with van der Waals surface area (Å²) in [6.45, 7) is 7.51. The predicted octanol–water partition coefficient (Wildman–Crippen LogP) is 12.4. The van der Waals surface area contributed by atoms with E-state index in [9.17, 15) is 14.7 Å². The largest absolute Gasteiger partial charge is 0.480 e. The van der Waals surface area contributed by atoms with Crippen molar-refractivity contribution in [2.24, 2.45) is 0 Å². The summed E-state index contributed by atoms with van der Waals surface area (Å²) < 4.78 is 2.95. The lowest BCUT2D eigenvalue weighted by Crippen LogP contribution is -2.33. The molecule has 1 amide bonds. The van der Waals surface area contributed by atoms with E-state index in [0.717, 1.165) is 34.3 Å². The molecule has 1 aliphatic carbocycles. The van der Waals surface area contributed by atoms with Crippen LogP contribution in [0.25, 0.3) is 39.4 Å². The highest BCUT2D eigenvalue weighted by Gasteiger charge is 2.45. The van der Waals surface area contributed by atoms with Crippen LogP contribution >= 0.6 is 24.0 Å². The molecule has 0 radical (unpaired) electrons. The fourth-order valence-corrected chi connectivity index (χ4v) is 9.77. The van der Waals surface area contributed by atoms with Crippen molar-refractivity contribution in [3.05, 3.63) is 88.3 Å². The summed E-state index contributed by atoms with van der Waals surface area (Å²) in [7, 11) is 0. The molecule has 1 N–H and O–H groups in total. The number of carbonyl (C=O) groups is 2. The number of aromatic nitrogens is 1. The van der Waals surface area contributed by atoms with Gasteiger partial charge in [0.1, 0.15) is 10.9 Å². The minimum absolute atomic E-state index is 0.00950. The second-order valence-electron chi connectivity index (χ2n) is 14.7. The van der Waals surface area contributed by atoms with E-state index >= 15 is 0 Å². The monoisotopic (exact) mass is 734 g/mol. The lowest BCUT2D eigenvalue weighted by molar-refractivity contribution is -0.140. The number of fused-ring (bicyclic) bond motifs is 5. The molecule has 5 nitrogen and oxygen atoms in total. The number of hydrogen-bond donors (Lipinski definition) is 1. The lowest BCUT2D eigenvalue weighted by Gasteiger charge is -2.33. The molecule has 1 aromatic heterocycles. The van der Waals surface area contributed by atoms with E-state index in [2.05, 4.69) is 79.9 Å². The zero-order chi connectivity index (χ0) is 36.7. The number of carbonyl (C=O) groups excluding carboxylic acids is 1. The van der Waals surface area contributed by atoms with Crippen molar-refractivity contribution < 1.29 is 14.7 Å². The van der Waals surface area contributed by atoms with Crippen LogP contribution < -0.4 is 0 Å². The van der Waals surface area contributed by atoms with E-state index in [1.165, 1.54) is 118 Å². The van der Waals surface area contributed by atoms with E-state index in [0.29, 0.717) is 4.91 Å². The van der Waals surface area contributed by atoms with Crippen LogP contribution in [0.2, 0.25) is 0 Å². The van der Waals surface area contributed by atoms with E-state index in [-0.39, 0.29) is 15.6 Å². The summed E-state index contributed by atoms with van der Waals surface area (Å²) in [5.41, 5.74) is 10.6. The number of rotatable bonds is 19. The summed E-state index contributed by atoms with van der Waals surface area (Å²) in [6.07, 6.45) is 19.2. The zero-order valence-corrected chi connectivity index (χ0v) is 32.8. The van der Waals surface area contributed by atoms with Gasteiger partial charge in [-0.25, -0.2) is 0 Å². The van der Waals surface area contributed by atoms with Gasteiger partial charge in [-0.1, -0.05) is 170 Å². The molecular weight excluding hydrogens is 681 g/mol. The summed E-state index contributed by atoms with van der Waals surface area (Å²) in [5, 5.41) is 10.6. The number of hydrogen-bond acceptors (Lipinski definition) is 4. The van der Waals surface area contributed by atoms with Gasteiger partial charge < -0.3 is 9.67 Å². The average Bonchev–Trinajstić information content (AvgIpc) is 3.72. The third-order valence-electron chi connectivity index (χ3n) is 11.1. The Morgan fingerprint density at radius 1 is 0.808 bits per heavy atom. The van der Waals surface area contributed by atoms with E-state index in [1.54, 1.807) is 11.1 Å². The number of aryl methyl sites for hydroxylation is 1. The second kappa shape index (κ2) is 17.4. The third-order valence-corrected chi connectivity index (χ3v) is 12.5. The molecule has 4 aromatic rings. The maximum atomic E-state index is 12.9. The van der Waals surface area contributed by atoms with Gasteiger partial charge in [0.15, 0.2) is 0 Å². The number of benzene rings is 3. The van der Waals surface area contributed by atoms with Gasteiger partial charge >= 0.3 is 5.97 Å². The Morgan fingerprint density at radius 3 is 2.10 bits per heavy atom. The molecule has 274 valence electrons. The van der Waals surface area contributed by atoms with Crippen LogP contribution in [0.4, 0.5) is 0 Å². The van der Waals surface area contributed by atoms with Gasteiger partial charge in [-0.05, 0) is 65.3 Å². The van der Waals surface area contributed by atoms with Gasteiger partial charge in [-0.2, -0.15) is 0 Å². The Morgan fingerprint density at radius 2 is 1.44 bits per heavy atom. The zero-order valence-electron chi connectivity index (χ0n) is 31.2. The lowest BCUT2D eigenvalue weighted by atomic mass is 9.70. The Kier molecular flexibility index (Phi) is 12.8. The number of thiocarbonyl (C=S) groups is 1. The Hall–Kier alpha value is -3.68. The van der Waals surface area contributed by atoms with Crippen LogP contribution in [-0.4, -0.2) is 37.3 Å². The molecule has 0 saturated carbocycles. The molecule has 0 atom stereocenters. The van der Waals surface area contributed by atoms with Crippen molar-refractivity contribution in [2.45, 2.75) is 123 Å². The van der Waals surface area contributed by atoms with Gasteiger partial charge in [0, 0.05) is 28.4 Å². The predicted molar refractivity (Wildman–Crippen MR) is 223 cm³/mol. The van der Waals surface area contributed by atoms with E-state index in [1.807, 2.05) is 18.2 Å². The summed E-state index contributed by atoms with van der Waals surface area (Å²) in [4.78, 5) is 25.7. The van der Waals surface area contributed by atoms with E-state index in [4.69, 9.17) is 12.2 Å². The van der Waals surface area contributed by atoms with Crippen LogP contribution in [0.3, 0.4) is 0 Å². The van der Waals surface area contributed by atoms with Crippen LogP contribution in [0.15, 0.2) is 71.6 Å². The van der Waals surface area contributed by atoms with Crippen LogP contribution in [0.5, 0.6) is 0 Å². The van der Waals surface area contributed by atoms with Gasteiger partial charge in [-0.15, -0.1) is 0 Å². The van der Waals surface area contributed by atoms with Gasteiger partial charge in [-0.3, -0.25) is 14.5 Å². The molecule has 1 fully saturated rings. The molecule has 0 unspecified atom stereocenters. The molecule has 2 heterocycles. The first-order valence-electron chi connectivity index (χ1n) is 19.7. The number of carboxylic acid groups (broad SMARTS) is 1. The number of unbranched alkanes of at least 4 members (excludes halogenated alkanes) is 9. The van der Waals surface area contributed by atoms with Gasteiger partial charge in [0.25, 0.3) is 5.91 Å². The summed E-state index contributed by atoms with van der Waals surface area (Å²) >= 11 is 6.45. The maximum absolute atomic E-state index is 12.9. The minimum atomic E-state index is -1.08. The van der Waals surface area contributed by atoms with Gasteiger partial charge in [0.05, 0.1) is 10.6 Å². The average molecular weight is 735 g/mol. The molecule has 6 rings (SSSR count). The van der Waals surface area contributed by atoms with E-state index < -0.39 is 12.5 Å². The number of nitrogens with zero attached hydrogens (tertiary/aromatic N) is 2. The molecule has 0 bridgehead atoms. The third kappa shape index (κ3) is 7.82. The number of thioether (sulfide) groups is 1. The first-order chi connectivity index (χ1) is 25.3. The van der Waals surface area contributed by atoms with Crippen molar-refractivity contribution in [1.29, 1.82) is 0 Å². The van der Waals surface area contributed by atoms with Gasteiger partial charge in [0.2, 0.25) is 0 Å². The maximum Gasteiger partial charge on any atom is 0.323 e. The van der Waals surface area contributed by atoms with Crippen molar-refractivity contribution in [2.75, 3.05) is 6.54 Å². The molecule has 3 aromatic carbocycles. The van der Waals surface area contributed by atoms with Crippen molar-refractivity contribution in [3.63, 3.8) is 0 Å². The first kappa shape index (κ1) is 38.1. The Labute approximate surface area is 319 Å². The van der Waals surface area contributed by atoms with Crippen LogP contribution in [0, 0.1) is 0 Å². The highest BCUT2D eigenvalue weighted by Crippen LogP contribution is 2.58. The van der Waals surface area contributed by atoms with Crippen LogP contribution in [0.1, 0.15) is 127 Å². The highest BCUT2D eigenvalue weighted by molar-refractivity contribution is 8.26. The summed E-state index contributed by atoms with van der Waals surface area (Å²) in [5.74, 6) is -1.43. The van der Waals surface area contributed by atoms with Crippen molar-refractivity contribution in [3.8, 4) is 22.4 Å². The molecule has 7 heteroatoms. The van der Waals surface area contributed by atoms with Crippen molar-refractivity contribution >= 4 is 57.2 Å². The summed E-state index contributed by atoms with van der Waals surface area (Å²) in [6, 6.07) is 24.8. The molecular formula is C45H54N2O3S2. The number of carboxylic acids is 1. The topological polar surface area (TPSA) is 62.5 Å². The normalized spacial score (nSPS) is 15.6. The Balaban J connectivity index is 1.43. The molecule has 0 spiro atoms. The molecule has 1 saturated heterocycles. The SMILES string of the molecule is CCCCCCn1c2c(c3cc(-c4ccc(/C=C5/SC(=S)N(CC(=O)O)C5=O)cc4)ccc31)C(CCCCCC)(CCCCCC)c1ccccc1-2. The molecule has 1 aliphatic heterocycles. The smallest absolute Gasteiger partial charge is 0.323 e. The highest BCUT2D eigenvalue weighted by atomic mass is 32.2. The quantitative estimate of drug-likeness (QED) is 0.0590. The second-order valence-corrected chi connectivity index (χ2v) is 16.4. The van der Waals surface area contributed by atoms with Crippen molar-refractivity contribution in [1.82, 2.24) is 9.47 Å². The molecule has 2 aliphatic rings. The number of amides is 1.